The van der Waals surface area contributed by atoms with Crippen LogP contribution in [0.2, 0.25) is 0 Å². The number of ether oxygens (including phenoxy) is 1. The van der Waals surface area contributed by atoms with Crippen LogP contribution in [0.25, 0.3) is 0 Å². The highest BCUT2D eigenvalue weighted by molar-refractivity contribution is 7.89. The first kappa shape index (κ1) is 21.0. The summed E-state index contributed by atoms with van der Waals surface area (Å²) in [5.41, 5.74) is 1.40. The van der Waals surface area contributed by atoms with Gasteiger partial charge in [-0.2, -0.15) is 0 Å². The third-order valence-electron chi connectivity index (χ3n) is 5.16. The third kappa shape index (κ3) is 4.15. The van der Waals surface area contributed by atoms with Crippen molar-refractivity contribution in [3.63, 3.8) is 0 Å². The number of non-ortho nitro benzene ring substituents is 1. The summed E-state index contributed by atoms with van der Waals surface area (Å²) < 4.78 is 33.2. The van der Waals surface area contributed by atoms with Gasteiger partial charge in [-0.05, 0) is 35.4 Å². The maximum atomic E-state index is 13.4. The molecule has 2 atom stereocenters. The molecule has 0 N–H and O–H groups in total. The first-order valence-corrected chi connectivity index (χ1v) is 11.0. The summed E-state index contributed by atoms with van der Waals surface area (Å²) in [4.78, 5) is 16.2. The Morgan fingerprint density at radius 2 is 1.68 bits per heavy atom. The quantitative estimate of drug-likeness (QED) is 0.416. The molecule has 0 bridgehead atoms. The van der Waals surface area contributed by atoms with Crippen molar-refractivity contribution in [2.45, 2.75) is 23.5 Å². The molecule has 4 rings (SSSR count). The fourth-order valence-corrected chi connectivity index (χ4v) is 5.02. The SMILES string of the molecule is COc1cccc(C2CC(c3ccccc3)ON2S(=O)(=O)c2ccc([N+](=O)[O-])cc2)c1. The van der Waals surface area contributed by atoms with Crippen LogP contribution < -0.4 is 4.74 Å². The van der Waals surface area contributed by atoms with Gasteiger partial charge in [0.2, 0.25) is 0 Å². The van der Waals surface area contributed by atoms with Gasteiger partial charge in [0.25, 0.3) is 15.7 Å². The second-order valence-electron chi connectivity index (χ2n) is 7.04. The van der Waals surface area contributed by atoms with E-state index in [1.54, 1.807) is 25.3 Å². The molecule has 0 radical (unpaired) electrons. The van der Waals surface area contributed by atoms with E-state index in [0.717, 1.165) is 27.7 Å². The molecule has 0 spiro atoms. The first-order chi connectivity index (χ1) is 14.9. The Morgan fingerprint density at radius 1 is 1.00 bits per heavy atom. The molecule has 31 heavy (non-hydrogen) atoms. The molecule has 2 unspecified atom stereocenters. The fourth-order valence-electron chi connectivity index (χ4n) is 3.57. The number of benzene rings is 3. The minimum absolute atomic E-state index is 0.0836. The molecule has 3 aromatic rings. The topological polar surface area (TPSA) is 99.0 Å². The molecular weight excluding hydrogens is 420 g/mol. The van der Waals surface area contributed by atoms with Crippen molar-refractivity contribution >= 4 is 15.7 Å². The van der Waals surface area contributed by atoms with E-state index in [9.17, 15) is 18.5 Å². The first-order valence-electron chi connectivity index (χ1n) is 9.54. The lowest BCUT2D eigenvalue weighted by atomic mass is 9.98. The van der Waals surface area contributed by atoms with Gasteiger partial charge in [-0.3, -0.25) is 15.0 Å². The minimum Gasteiger partial charge on any atom is -0.497 e. The van der Waals surface area contributed by atoms with Gasteiger partial charge in [0.15, 0.2) is 0 Å². The van der Waals surface area contributed by atoms with E-state index in [1.165, 1.54) is 12.1 Å². The highest BCUT2D eigenvalue weighted by Gasteiger charge is 2.43. The van der Waals surface area contributed by atoms with Gasteiger partial charge in [-0.1, -0.05) is 46.9 Å². The predicted octanol–water partition coefficient (Wildman–Crippen LogP) is 4.41. The van der Waals surface area contributed by atoms with E-state index in [2.05, 4.69) is 0 Å². The Bertz CT molecular complexity index is 1180. The third-order valence-corrected chi connectivity index (χ3v) is 6.84. The van der Waals surface area contributed by atoms with Gasteiger partial charge in [-0.25, -0.2) is 8.42 Å². The molecule has 3 aromatic carbocycles. The Labute approximate surface area is 179 Å². The highest BCUT2D eigenvalue weighted by atomic mass is 32.2. The molecule has 0 amide bonds. The fraction of sp³-hybridized carbons (Fsp3) is 0.182. The lowest BCUT2D eigenvalue weighted by Crippen LogP contribution is -2.29. The molecule has 1 heterocycles. The van der Waals surface area contributed by atoms with Crippen molar-refractivity contribution in [3.8, 4) is 5.75 Å². The lowest BCUT2D eigenvalue weighted by molar-refractivity contribution is -0.384. The van der Waals surface area contributed by atoms with Gasteiger partial charge in [-0.15, -0.1) is 0 Å². The largest absolute Gasteiger partial charge is 0.497 e. The van der Waals surface area contributed by atoms with Crippen molar-refractivity contribution in [1.82, 2.24) is 4.47 Å². The molecule has 0 aromatic heterocycles. The number of rotatable bonds is 6. The van der Waals surface area contributed by atoms with Crippen LogP contribution in [0.5, 0.6) is 5.75 Å². The van der Waals surface area contributed by atoms with Crippen LogP contribution in [0.1, 0.15) is 29.7 Å². The average Bonchev–Trinajstić information content (AvgIpc) is 3.26. The highest BCUT2D eigenvalue weighted by Crippen LogP contribution is 2.45. The van der Waals surface area contributed by atoms with Crippen LogP contribution in [0.4, 0.5) is 5.69 Å². The van der Waals surface area contributed by atoms with Crippen LogP contribution in [0, 0.1) is 10.1 Å². The average molecular weight is 440 g/mol. The summed E-state index contributed by atoms with van der Waals surface area (Å²) in [6.45, 7) is 0. The van der Waals surface area contributed by atoms with Crippen LogP contribution >= 0.6 is 0 Å². The van der Waals surface area contributed by atoms with E-state index in [4.69, 9.17) is 9.57 Å². The number of hydrogen-bond acceptors (Lipinski definition) is 6. The predicted molar refractivity (Wildman–Crippen MR) is 113 cm³/mol. The normalized spacial score (nSPS) is 19.3. The Hall–Kier alpha value is -3.27. The van der Waals surface area contributed by atoms with Crippen LogP contribution in [-0.4, -0.2) is 24.9 Å². The number of hydrogen-bond donors (Lipinski definition) is 0. The molecule has 0 aliphatic carbocycles. The summed E-state index contributed by atoms with van der Waals surface area (Å²) in [6, 6.07) is 20.7. The monoisotopic (exact) mass is 440 g/mol. The van der Waals surface area contributed by atoms with Crippen LogP contribution in [0.15, 0.2) is 83.8 Å². The zero-order valence-corrected chi connectivity index (χ0v) is 17.4. The Balaban J connectivity index is 1.74. The molecular formula is C22H20N2O6S. The zero-order valence-electron chi connectivity index (χ0n) is 16.6. The molecule has 160 valence electrons. The van der Waals surface area contributed by atoms with E-state index >= 15 is 0 Å². The van der Waals surface area contributed by atoms with Crippen molar-refractivity contribution in [1.29, 1.82) is 0 Å². The van der Waals surface area contributed by atoms with Crippen molar-refractivity contribution in [2.24, 2.45) is 0 Å². The molecule has 1 saturated heterocycles. The molecule has 1 aliphatic rings. The van der Waals surface area contributed by atoms with Crippen molar-refractivity contribution in [2.75, 3.05) is 7.11 Å². The summed E-state index contributed by atoms with van der Waals surface area (Å²) in [5, 5.41) is 10.9. The number of nitrogens with zero attached hydrogens (tertiary/aromatic N) is 2. The van der Waals surface area contributed by atoms with Gasteiger partial charge >= 0.3 is 0 Å². The molecule has 1 aliphatic heterocycles. The maximum absolute atomic E-state index is 13.4. The van der Waals surface area contributed by atoms with Gasteiger partial charge in [0, 0.05) is 18.6 Å². The smallest absolute Gasteiger partial charge is 0.269 e. The van der Waals surface area contributed by atoms with E-state index in [0.29, 0.717) is 12.2 Å². The lowest BCUT2D eigenvalue weighted by Gasteiger charge is -2.23. The number of sulfonamides is 1. The standard InChI is InChI=1S/C22H20N2O6S/c1-29-19-9-5-8-17(14-19)21-15-22(16-6-3-2-4-7-16)30-24(21)31(27,28)20-12-10-18(11-13-20)23(25)26/h2-14,21-22H,15H2,1H3. The summed E-state index contributed by atoms with van der Waals surface area (Å²) in [7, 11) is -2.55. The maximum Gasteiger partial charge on any atom is 0.269 e. The molecule has 8 nitrogen and oxygen atoms in total. The van der Waals surface area contributed by atoms with Gasteiger partial charge in [0.05, 0.1) is 23.0 Å². The van der Waals surface area contributed by atoms with E-state index < -0.39 is 27.1 Å². The minimum atomic E-state index is -4.09. The van der Waals surface area contributed by atoms with Gasteiger partial charge in [0.1, 0.15) is 11.9 Å². The van der Waals surface area contributed by atoms with Crippen LogP contribution in [0.3, 0.4) is 0 Å². The van der Waals surface area contributed by atoms with E-state index in [-0.39, 0.29) is 10.6 Å². The molecule has 9 heteroatoms. The second kappa shape index (κ2) is 8.46. The van der Waals surface area contributed by atoms with Crippen LogP contribution in [-0.2, 0) is 14.9 Å². The second-order valence-corrected chi connectivity index (χ2v) is 8.83. The summed E-state index contributed by atoms with van der Waals surface area (Å²) in [5.74, 6) is 0.605. The summed E-state index contributed by atoms with van der Waals surface area (Å²) >= 11 is 0. The number of methoxy groups -OCH3 is 1. The Kier molecular flexibility index (Phi) is 5.73. The number of nitro groups is 1. The number of nitro benzene ring substituents is 1. The molecule has 1 fully saturated rings. The number of hydroxylamine groups is 1. The van der Waals surface area contributed by atoms with E-state index in [1.807, 2.05) is 36.4 Å². The zero-order chi connectivity index (χ0) is 22.0. The van der Waals surface area contributed by atoms with Crippen molar-refractivity contribution in [3.05, 3.63) is 100 Å². The Morgan fingerprint density at radius 3 is 2.32 bits per heavy atom. The van der Waals surface area contributed by atoms with Crippen molar-refractivity contribution < 1.29 is 22.9 Å². The summed E-state index contributed by atoms with van der Waals surface area (Å²) in [6.07, 6.45) is -0.0612. The molecule has 0 saturated carbocycles. The van der Waals surface area contributed by atoms with Gasteiger partial charge < -0.3 is 4.74 Å².